The number of nitrogen functional groups attached to an aromatic ring is 1. The molecule has 5 nitrogen and oxygen atoms in total. The minimum absolute atomic E-state index is 0.120. The molecule has 2 aliphatic rings. The second-order valence-electron chi connectivity index (χ2n) is 6.39. The van der Waals surface area contributed by atoms with Gasteiger partial charge in [0.25, 0.3) is 5.91 Å². The van der Waals surface area contributed by atoms with Gasteiger partial charge in [-0.1, -0.05) is 6.07 Å². The molecule has 0 radical (unpaired) electrons. The van der Waals surface area contributed by atoms with Gasteiger partial charge in [0.2, 0.25) is 0 Å². The SMILES string of the molecule is Cc1ccc(N)cc1C(=O)N1CCC(CN2CCOCC2)C1. The zero-order valence-electron chi connectivity index (χ0n) is 13.3. The van der Waals surface area contributed by atoms with E-state index >= 15 is 0 Å². The molecule has 5 heteroatoms. The van der Waals surface area contributed by atoms with Gasteiger partial charge in [-0.3, -0.25) is 9.69 Å². The van der Waals surface area contributed by atoms with Gasteiger partial charge in [-0.15, -0.1) is 0 Å². The van der Waals surface area contributed by atoms with Crippen LogP contribution >= 0.6 is 0 Å². The number of aryl methyl sites for hydroxylation is 1. The third kappa shape index (κ3) is 3.42. The molecular weight excluding hydrogens is 278 g/mol. The summed E-state index contributed by atoms with van der Waals surface area (Å²) < 4.78 is 5.39. The lowest BCUT2D eigenvalue weighted by molar-refractivity contribution is 0.0310. The van der Waals surface area contributed by atoms with Crippen molar-refractivity contribution in [1.82, 2.24) is 9.80 Å². The third-order valence-corrected chi connectivity index (χ3v) is 4.69. The van der Waals surface area contributed by atoms with Crippen LogP contribution in [0.15, 0.2) is 18.2 Å². The first kappa shape index (κ1) is 15.3. The molecule has 1 aromatic carbocycles. The summed E-state index contributed by atoms with van der Waals surface area (Å²) in [5.74, 6) is 0.692. The number of benzene rings is 1. The van der Waals surface area contributed by atoms with Crippen molar-refractivity contribution in [3.8, 4) is 0 Å². The molecule has 22 heavy (non-hydrogen) atoms. The molecule has 2 saturated heterocycles. The van der Waals surface area contributed by atoms with Crippen molar-refractivity contribution in [2.75, 3.05) is 51.7 Å². The number of rotatable bonds is 3. The van der Waals surface area contributed by atoms with E-state index in [1.807, 2.05) is 24.0 Å². The van der Waals surface area contributed by atoms with Gasteiger partial charge in [0.15, 0.2) is 0 Å². The van der Waals surface area contributed by atoms with Gasteiger partial charge >= 0.3 is 0 Å². The van der Waals surface area contributed by atoms with Crippen molar-refractivity contribution in [1.29, 1.82) is 0 Å². The maximum atomic E-state index is 12.7. The first-order chi connectivity index (χ1) is 10.6. The second kappa shape index (κ2) is 6.67. The molecule has 0 aliphatic carbocycles. The molecule has 2 N–H and O–H groups in total. The Hall–Kier alpha value is -1.59. The van der Waals surface area contributed by atoms with Crippen LogP contribution < -0.4 is 5.73 Å². The van der Waals surface area contributed by atoms with Crippen molar-refractivity contribution in [2.24, 2.45) is 5.92 Å². The van der Waals surface area contributed by atoms with Crippen LogP contribution in [-0.2, 0) is 4.74 Å². The number of amides is 1. The normalized spacial score (nSPS) is 23.0. The summed E-state index contributed by atoms with van der Waals surface area (Å²) in [5, 5.41) is 0. The van der Waals surface area contributed by atoms with E-state index in [1.165, 1.54) is 0 Å². The number of anilines is 1. The molecule has 0 bridgehead atoms. The molecule has 2 aliphatic heterocycles. The van der Waals surface area contributed by atoms with Gasteiger partial charge in [0.05, 0.1) is 13.2 Å². The summed E-state index contributed by atoms with van der Waals surface area (Å²) in [6.07, 6.45) is 1.09. The van der Waals surface area contributed by atoms with Crippen molar-refractivity contribution in [3.05, 3.63) is 29.3 Å². The van der Waals surface area contributed by atoms with Crippen LogP contribution in [0.1, 0.15) is 22.3 Å². The number of carbonyl (C=O) groups is 1. The molecule has 3 rings (SSSR count). The Morgan fingerprint density at radius 3 is 2.86 bits per heavy atom. The molecule has 0 aromatic heterocycles. The van der Waals surface area contributed by atoms with E-state index in [0.29, 0.717) is 11.6 Å². The van der Waals surface area contributed by atoms with Crippen LogP contribution in [0.5, 0.6) is 0 Å². The van der Waals surface area contributed by atoms with E-state index in [9.17, 15) is 4.79 Å². The number of carbonyl (C=O) groups excluding carboxylic acids is 1. The Morgan fingerprint density at radius 1 is 1.32 bits per heavy atom. The van der Waals surface area contributed by atoms with E-state index in [1.54, 1.807) is 6.07 Å². The predicted octanol–water partition coefficient (Wildman–Crippen LogP) is 1.37. The van der Waals surface area contributed by atoms with Gasteiger partial charge in [-0.25, -0.2) is 0 Å². The highest BCUT2D eigenvalue weighted by atomic mass is 16.5. The second-order valence-corrected chi connectivity index (χ2v) is 6.39. The molecule has 2 heterocycles. The Kier molecular flexibility index (Phi) is 4.64. The van der Waals surface area contributed by atoms with Gasteiger partial charge < -0.3 is 15.4 Å². The molecule has 1 aromatic rings. The lowest BCUT2D eigenvalue weighted by Crippen LogP contribution is -2.40. The average molecular weight is 303 g/mol. The molecule has 0 spiro atoms. The van der Waals surface area contributed by atoms with Gasteiger partial charge in [0.1, 0.15) is 0 Å². The zero-order chi connectivity index (χ0) is 15.5. The summed E-state index contributed by atoms with van der Waals surface area (Å²) in [6.45, 7) is 8.43. The minimum Gasteiger partial charge on any atom is -0.399 e. The number of hydrogen-bond donors (Lipinski definition) is 1. The molecule has 0 saturated carbocycles. The molecule has 120 valence electrons. The fourth-order valence-corrected chi connectivity index (χ4v) is 3.36. The summed E-state index contributed by atoms with van der Waals surface area (Å²) in [5.41, 5.74) is 8.22. The molecular formula is C17H25N3O2. The largest absolute Gasteiger partial charge is 0.399 e. The Morgan fingerprint density at radius 2 is 2.09 bits per heavy atom. The maximum Gasteiger partial charge on any atom is 0.254 e. The van der Waals surface area contributed by atoms with E-state index in [-0.39, 0.29) is 5.91 Å². The van der Waals surface area contributed by atoms with E-state index in [4.69, 9.17) is 10.5 Å². The zero-order valence-corrected chi connectivity index (χ0v) is 13.3. The van der Waals surface area contributed by atoms with E-state index in [0.717, 1.165) is 63.5 Å². The number of hydrogen-bond acceptors (Lipinski definition) is 4. The highest BCUT2D eigenvalue weighted by molar-refractivity contribution is 5.96. The monoisotopic (exact) mass is 303 g/mol. The van der Waals surface area contributed by atoms with E-state index in [2.05, 4.69) is 4.90 Å². The van der Waals surface area contributed by atoms with Crippen LogP contribution in [0.25, 0.3) is 0 Å². The number of nitrogens with zero attached hydrogens (tertiary/aromatic N) is 2. The number of likely N-dealkylation sites (tertiary alicyclic amines) is 1. The van der Waals surface area contributed by atoms with Crippen molar-refractivity contribution >= 4 is 11.6 Å². The predicted molar refractivity (Wildman–Crippen MR) is 86.9 cm³/mol. The molecule has 2 fully saturated rings. The fourth-order valence-electron chi connectivity index (χ4n) is 3.36. The smallest absolute Gasteiger partial charge is 0.254 e. The maximum absolute atomic E-state index is 12.7. The summed E-state index contributed by atoms with van der Waals surface area (Å²) >= 11 is 0. The van der Waals surface area contributed by atoms with Crippen molar-refractivity contribution in [2.45, 2.75) is 13.3 Å². The van der Waals surface area contributed by atoms with Gasteiger partial charge in [-0.2, -0.15) is 0 Å². The number of morpholine rings is 1. The lowest BCUT2D eigenvalue weighted by Gasteiger charge is -2.29. The Labute approximate surface area is 132 Å². The van der Waals surface area contributed by atoms with Crippen molar-refractivity contribution < 1.29 is 9.53 Å². The highest BCUT2D eigenvalue weighted by Gasteiger charge is 2.29. The molecule has 1 unspecified atom stereocenters. The van der Waals surface area contributed by atoms with Crippen LogP contribution in [0.4, 0.5) is 5.69 Å². The van der Waals surface area contributed by atoms with Gasteiger partial charge in [0, 0.05) is 44.0 Å². The fraction of sp³-hybridized carbons (Fsp3) is 0.588. The lowest BCUT2D eigenvalue weighted by atomic mass is 10.1. The van der Waals surface area contributed by atoms with Gasteiger partial charge in [-0.05, 0) is 37.0 Å². The molecule has 1 amide bonds. The first-order valence-electron chi connectivity index (χ1n) is 8.09. The summed E-state index contributed by atoms with van der Waals surface area (Å²) in [4.78, 5) is 17.1. The van der Waals surface area contributed by atoms with Crippen molar-refractivity contribution in [3.63, 3.8) is 0 Å². The molecule has 1 atom stereocenters. The topological polar surface area (TPSA) is 58.8 Å². The van der Waals surface area contributed by atoms with Crippen LogP contribution in [0.2, 0.25) is 0 Å². The Balaban J connectivity index is 1.59. The number of nitrogens with two attached hydrogens (primary N) is 1. The van der Waals surface area contributed by atoms with E-state index < -0.39 is 0 Å². The summed E-state index contributed by atoms with van der Waals surface area (Å²) in [6, 6.07) is 5.56. The first-order valence-corrected chi connectivity index (χ1v) is 8.09. The standard InChI is InChI=1S/C17H25N3O2/c1-13-2-3-15(18)10-16(13)17(21)20-5-4-14(12-20)11-19-6-8-22-9-7-19/h2-3,10,14H,4-9,11-12,18H2,1H3. The number of ether oxygens (including phenoxy) is 1. The quantitative estimate of drug-likeness (QED) is 0.857. The van der Waals surface area contributed by atoms with Crippen LogP contribution in [0.3, 0.4) is 0 Å². The summed E-state index contributed by atoms with van der Waals surface area (Å²) in [7, 11) is 0. The third-order valence-electron chi connectivity index (χ3n) is 4.69. The highest BCUT2D eigenvalue weighted by Crippen LogP contribution is 2.22. The van der Waals surface area contributed by atoms with Crippen LogP contribution in [-0.4, -0.2) is 61.6 Å². The van der Waals surface area contributed by atoms with Crippen LogP contribution in [0, 0.1) is 12.8 Å². The minimum atomic E-state index is 0.120. The average Bonchev–Trinajstić information content (AvgIpc) is 2.98. The Bertz CT molecular complexity index is 541.